The van der Waals surface area contributed by atoms with Crippen LogP contribution in [0, 0.1) is 6.92 Å². The second kappa shape index (κ2) is 7.63. The third-order valence-electron chi connectivity index (χ3n) is 3.95. The molecule has 27 heavy (non-hydrogen) atoms. The maximum Gasteiger partial charge on any atom is 0.237 e. The van der Waals surface area contributed by atoms with Gasteiger partial charge in [0.25, 0.3) is 0 Å². The van der Waals surface area contributed by atoms with E-state index in [2.05, 4.69) is 20.3 Å². The molecule has 0 amide bonds. The van der Waals surface area contributed by atoms with Crippen LogP contribution in [-0.2, 0) is 5.75 Å². The van der Waals surface area contributed by atoms with E-state index in [1.54, 1.807) is 7.11 Å². The zero-order valence-electron chi connectivity index (χ0n) is 14.9. The molecule has 8 heteroatoms. The summed E-state index contributed by atoms with van der Waals surface area (Å²) in [6, 6.07) is 17.6. The van der Waals surface area contributed by atoms with Gasteiger partial charge >= 0.3 is 0 Å². The fourth-order valence-electron chi connectivity index (χ4n) is 2.69. The Hall–Kier alpha value is -3.13. The summed E-state index contributed by atoms with van der Waals surface area (Å²) < 4.78 is 12.8. The van der Waals surface area contributed by atoms with Gasteiger partial charge in [-0.25, -0.2) is 0 Å². The van der Waals surface area contributed by atoms with E-state index in [4.69, 9.17) is 9.26 Å². The molecule has 0 N–H and O–H groups in total. The molecule has 0 fully saturated rings. The van der Waals surface area contributed by atoms with Crippen LogP contribution in [0.3, 0.4) is 0 Å². The number of hydrogen-bond donors (Lipinski definition) is 0. The van der Waals surface area contributed by atoms with Gasteiger partial charge in [0.1, 0.15) is 11.6 Å². The van der Waals surface area contributed by atoms with Gasteiger partial charge in [0.05, 0.1) is 18.4 Å². The van der Waals surface area contributed by atoms with Crippen LogP contribution in [0.4, 0.5) is 0 Å². The second-order valence-electron chi connectivity index (χ2n) is 5.70. The summed E-state index contributed by atoms with van der Waals surface area (Å²) in [5.74, 6) is 3.04. The van der Waals surface area contributed by atoms with Gasteiger partial charge in [-0.15, -0.1) is 10.2 Å². The molecule has 0 spiro atoms. The van der Waals surface area contributed by atoms with E-state index in [0.29, 0.717) is 23.2 Å². The van der Waals surface area contributed by atoms with Gasteiger partial charge < -0.3 is 9.26 Å². The van der Waals surface area contributed by atoms with Crippen molar-refractivity contribution in [2.45, 2.75) is 17.8 Å². The van der Waals surface area contributed by atoms with Crippen LogP contribution in [0.2, 0.25) is 0 Å². The normalized spacial score (nSPS) is 10.9. The van der Waals surface area contributed by atoms with Crippen molar-refractivity contribution in [3.8, 4) is 22.8 Å². The van der Waals surface area contributed by atoms with E-state index in [0.717, 1.165) is 22.2 Å². The summed E-state index contributed by atoms with van der Waals surface area (Å²) >= 11 is 1.50. The Kier molecular flexibility index (Phi) is 4.88. The highest BCUT2D eigenvalue weighted by atomic mass is 32.2. The molecule has 0 saturated heterocycles. The monoisotopic (exact) mass is 379 g/mol. The van der Waals surface area contributed by atoms with Gasteiger partial charge in [0.2, 0.25) is 11.7 Å². The fraction of sp³-hybridized carbons (Fsp3) is 0.158. The van der Waals surface area contributed by atoms with Gasteiger partial charge in [0.15, 0.2) is 5.16 Å². The molecule has 136 valence electrons. The second-order valence-corrected chi connectivity index (χ2v) is 6.64. The summed E-state index contributed by atoms with van der Waals surface area (Å²) in [7, 11) is 1.62. The first-order valence-corrected chi connectivity index (χ1v) is 9.31. The number of aryl methyl sites for hydroxylation is 1. The Bertz CT molecular complexity index is 1050. The van der Waals surface area contributed by atoms with Gasteiger partial charge in [-0.05, 0) is 31.2 Å². The van der Waals surface area contributed by atoms with Crippen molar-refractivity contribution in [2.75, 3.05) is 7.11 Å². The Morgan fingerprint density at radius 2 is 1.81 bits per heavy atom. The third kappa shape index (κ3) is 3.56. The molecule has 2 heterocycles. The first kappa shape index (κ1) is 17.3. The zero-order valence-corrected chi connectivity index (χ0v) is 15.7. The van der Waals surface area contributed by atoms with Crippen LogP contribution in [-0.4, -0.2) is 32.0 Å². The average Bonchev–Trinajstić information content (AvgIpc) is 3.33. The van der Waals surface area contributed by atoms with Crippen LogP contribution >= 0.6 is 11.8 Å². The Balaban J connectivity index is 1.54. The van der Waals surface area contributed by atoms with Crippen LogP contribution in [0.25, 0.3) is 17.1 Å². The molecule has 0 unspecified atom stereocenters. The number of nitrogens with zero attached hydrogens (tertiary/aromatic N) is 5. The Morgan fingerprint density at radius 3 is 2.63 bits per heavy atom. The van der Waals surface area contributed by atoms with Crippen molar-refractivity contribution in [1.29, 1.82) is 0 Å². The molecule has 0 saturated carbocycles. The molecule has 2 aromatic heterocycles. The standard InChI is InChI=1S/C19H17N5O2S/c1-13-21-22-19(24(13)14-8-4-3-5-9-14)27-12-17-20-18(23-26-17)15-10-6-7-11-16(15)25-2/h3-11H,12H2,1-2H3. The summed E-state index contributed by atoms with van der Waals surface area (Å²) in [4.78, 5) is 4.48. The first-order chi connectivity index (χ1) is 13.3. The Labute approximate surface area is 160 Å². The molecular formula is C19H17N5O2S. The van der Waals surface area contributed by atoms with Crippen molar-refractivity contribution in [1.82, 2.24) is 24.9 Å². The number of rotatable bonds is 6. The van der Waals surface area contributed by atoms with E-state index in [1.165, 1.54) is 11.8 Å². The van der Waals surface area contributed by atoms with E-state index >= 15 is 0 Å². The lowest BCUT2D eigenvalue weighted by molar-refractivity contribution is 0.390. The maximum absolute atomic E-state index is 5.40. The molecule has 4 aromatic rings. The Morgan fingerprint density at radius 1 is 1.04 bits per heavy atom. The lowest BCUT2D eigenvalue weighted by Crippen LogP contribution is -1.98. The van der Waals surface area contributed by atoms with E-state index in [1.807, 2.05) is 66.1 Å². The summed E-state index contributed by atoms with van der Waals surface area (Å²) in [5.41, 5.74) is 1.81. The minimum Gasteiger partial charge on any atom is -0.496 e. The molecule has 0 bridgehead atoms. The highest BCUT2D eigenvalue weighted by Gasteiger charge is 2.16. The SMILES string of the molecule is COc1ccccc1-c1noc(CSc2nnc(C)n2-c2ccccc2)n1. The molecule has 0 aliphatic rings. The van der Waals surface area contributed by atoms with Crippen LogP contribution < -0.4 is 4.74 Å². The van der Waals surface area contributed by atoms with Gasteiger partial charge in [0, 0.05) is 5.69 Å². The van der Waals surface area contributed by atoms with Gasteiger partial charge in [-0.1, -0.05) is 47.3 Å². The lowest BCUT2D eigenvalue weighted by Gasteiger charge is -2.07. The quantitative estimate of drug-likeness (QED) is 0.470. The predicted octanol–water partition coefficient (Wildman–Crippen LogP) is 3.93. The number of para-hydroxylation sites is 2. The van der Waals surface area contributed by atoms with Gasteiger partial charge in [-0.3, -0.25) is 4.57 Å². The lowest BCUT2D eigenvalue weighted by atomic mass is 10.2. The smallest absolute Gasteiger partial charge is 0.237 e. The third-order valence-corrected chi connectivity index (χ3v) is 4.86. The highest BCUT2D eigenvalue weighted by molar-refractivity contribution is 7.98. The van der Waals surface area contributed by atoms with Crippen LogP contribution in [0.1, 0.15) is 11.7 Å². The van der Waals surface area contributed by atoms with Crippen molar-refractivity contribution >= 4 is 11.8 Å². The topological polar surface area (TPSA) is 78.9 Å². The minimum atomic E-state index is 0.493. The van der Waals surface area contributed by atoms with Crippen LogP contribution in [0.15, 0.2) is 64.3 Å². The van der Waals surface area contributed by atoms with Crippen molar-refractivity contribution in [3.63, 3.8) is 0 Å². The molecular weight excluding hydrogens is 362 g/mol. The zero-order chi connectivity index (χ0) is 18.6. The molecule has 0 aliphatic heterocycles. The van der Waals surface area contributed by atoms with Gasteiger partial charge in [-0.2, -0.15) is 4.98 Å². The van der Waals surface area contributed by atoms with E-state index < -0.39 is 0 Å². The summed E-state index contributed by atoms with van der Waals surface area (Å²) in [5, 5.41) is 13.3. The minimum absolute atomic E-state index is 0.493. The number of benzene rings is 2. The average molecular weight is 379 g/mol. The van der Waals surface area contributed by atoms with E-state index in [-0.39, 0.29) is 0 Å². The summed E-state index contributed by atoms with van der Waals surface area (Å²) in [6.45, 7) is 1.93. The molecule has 4 rings (SSSR count). The van der Waals surface area contributed by atoms with E-state index in [9.17, 15) is 0 Å². The van der Waals surface area contributed by atoms with Crippen molar-refractivity contribution < 1.29 is 9.26 Å². The molecule has 0 radical (unpaired) electrons. The number of thioether (sulfide) groups is 1. The van der Waals surface area contributed by atoms with Crippen molar-refractivity contribution in [3.05, 3.63) is 66.3 Å². The number of hydrogen-bond acceptors (Lipinski definition) is 7. The molecule has 0 atom stereocenters. The number of methoxy groups -OCH3 is 1. The fourth-order valence-corrected chi connectivity index (χ4v) is 3.52. The van der Waals surface area contributed by atoms with Crippen LogP contribution in [0.5, 0.6) is 5.75 Å². The summed E-state index contributed by atoms with van der Waals surface area (Å²) in [6.07, 6.45) is 0. The maximum atomic E-state index is 5.40. The molecule has 2 aromatic carbocycles. The van der Waals surface area contributed by atoms with Crippen molar-refractivity contribution in [2.24, 2.45) is 0 Å². The highest BCUT2D eigenvalue weighted by Crippen LogP contribution is 2.29. The number of aromatic nitrogens is 5. The first-order valence-electron chi connectivity index (χ1n) is 8.32. The largest absolute Gasteiger partial charge is 0.496 e. The molecule has 7 nitrogen and oxygen atoms in total. The molecule has 0 aliphatic carbocycles. The predicted molar refractivity (Wildman–Crippen MR) is 102 cm³/mol. The number of ether oxygens (including phenoxy) is 1.